The van der Waals surface area contributed by atoms with E-state index in [-0.39, 0.29) is 23.0 Å². The normalized spacial score (nSPS) is 11.3. The van der Waals surface area contributed by atoms with Crippen LogP contribution < -0.4 is 20.9 Å². The number of hydrogen-bond donors (Lipinski definition) is 3. The number of ether oxygens (including phenoxy) is 1. The Labute approximate surface area is 149 Å². The number of benzene rings is 1. The molecule has 1 heterocycles. The molecule has 1 aromatic heterocycles. The average molecular weight is 361 g/mol. The van der Waals surface area contributed by atoms with E-state index in [4.69, 9.17) is 4.74 Å². The predicted molar refractivity (Wildman–Crippen MR) is 96.4 cm³/mol. The molecule has 9 heteroatoms. The summed E-state index contributed by atoms with van der Waals surface area (Å²) in [4.78, 5) is 32.1. The molecule has 8 nitrogen and oxygen atoms in total. The van der Waals surface area contributed by atoms with E-state index < -0.39 is 0 Å². The minimum Gasteiger partial charge on any atom is -0.481 e. The van der Waals surface area contributed by atoms with Gasteiger partial charge in [0.05, 0.1) is 12.4 Å². The molecule has 1 aromatic carbocycles. The Kier molecular flexibility index (Phi) is 6.58. The van der Waals surface area contributed by atoms with Crippen LogP contribution >= 0.6 is 11.8 Å². The van der Waals surface area contributed by atoms with Crippen molar-refractivity contribution in [3.63, 3.8) is 0 Å². The fourth-order valence-corrected chi connectivity index (χ4v) is 2.68. The van der Waals surface area contributed by atoms with Crippen LogP contribution in [0.1, 0.15) is 13.8 Å². The molecule has 0 saturated heterocycles. The van der Waals surface area contributed by atoms with Crippen molar-refractivity contribution >= 4 is 35.2 Å². The predicted octanol–water partition coefficient (Wildman–Crippen LogP) is 2.07. The summed E-state index contributed by atoms with van der Waals surface area (Å²) in [6.45, 7) is 3.24. The van der Waals surface area contributed by atoms with Gasteiger partial charge in [0.15, 0.2) is 0 Å². The highest BCUT2D eigenvalue weighted by molar-refractivity contribution is 8.00. The van der Waals surface area contributed by atoms with Crippen molar-refractivity contribution in [1.29, 1.82) is 0 Å². The van der Waals surface area contributed by atoms with Crippen LogP contribution in [0.5, 0.6) is 5.88 Å². The first kappa shape index (κ1) is 18.5. The van der Waals surface area contributed by atoms with Gasteiger partial charge in [-0.1, -0.05) is 0 Å². The number of nitrogens with zero attached hydrogens (tertiary/aromatic N) is 2. The monoisotopic (exact) mass is 361 g/mol. The van der Waals surface area contributed by atoms with E-state index in [0.29, 0.717) is 11.6 Å². The van der Waals surface area contributed by atoms with Crippen molar-refractivity contribution in [2.24, 2.45) is 0 Å². The summed E-state index contributed by atoms with van der Waals surface area (Å²) in [5.74, 6) is 0.291. The van der Waals surface area contributed by atoms with Crippen LogP contribution in [-0.4, -0.2) is 34.1 Å². The molecule has 0 aliphatic heterocycles. The Bertz CT molecular complexity index is 739. The van der Waals surface area contributed by atoms with E-state index in [2.05, 4.69) is 26.1 Å². The largest absolute Gasteiger partial charge is 0.481 e. The third kappa shape index (κ3) is 5.96. The second kappa shape index (κ2) is 8.88. The number of thioether (sulfide) groups is 1. The molecule has 2 aromatic rings. The van der Waals surface area contributed by atoms with Crippen LogP contribution in [0.25, 0.3) is 0 Å². The number of carbonyl (C=O) groups is 2. The number of hydrazine groups is 1. The molecular weight excluding hydrogens is 342 g/mol. The second-order valence-corrected chi connectivity index (χ2v) is 6.42. The van der Waals surface area contributed by atoms with Gasteiger partial charge in [-0.05, 0) is 31.2 Å². The molecule has 0 bridgehead atoms. The van der Waals surface area contributed by atoms with Crippen molar-refractivity contribution in [3.8, 4) is 5.88 Å². The van der Waals surface area contributed by atoms with E-state index in [0.717, 1.165) is 4.90 Å². The summed E-state index contributed by atoms with van der Waals surface area (Å²) in [6.07, 6.45) is 1.52. The molecule has 25 heavy (non-hydrogen) atoms. The zero-order valence-corrected chi connectivity index (χ0v) is 14.9. The maximum Gasteiger partial charge on any atom is 0.251 e. The highest BCUT2D eigenvalue weighted by atomic mass is 32.2. The summed E-state index contributed by atoms with van der Waals surface area (Å²) in [6, 6.07) is 8.88. The first-order valence-corrected chi connectivity index (χ1v) is 8.33. The highest BCUT2D eigenvalue weighted by Crippen LogP contribution is 2.24. The molecule has 0 unspecified atom stereocenters. The highest BCUT2D eigenvalue weighted by Gasteiger charge is 2.14. The van der Waals surface area contributed by atoms with Gasteiger partial charge in [-0.25, -0.2) is 4.98 Å². The minimum absolute atomic E-state index is 0.126. The Morgan fingerprint density at radius 2 is 1.92 bits per heavy atom. The van der Waals surface area contributed by atoms with E-state index in [1.54, 1.807) is 25.1 Å². The summed E-state index contributed by atoms with van der Waals surface area (Å²) in [5, 5.41) is 2.35. The van der Waals surface area contributed by atoms with Gasteiger partial charge in [0.1, 0.15) is 0 Å². The number of anilines is 2. The van der Waals surface area contributed by atoms with E-state index in [1.807, 2.05) is 12.1 Å². The average Bonchev–Trinajstić information content (AvgIpc) is 2.61. The minimum atomic E-state index is -0.343. The Hall–Kier alpha value is -2.81. The van der Waals surface area contributed by atoms with Crippen molar-refractivity contribution in [2.75, 3.05) is 17.9 Å². The van der Waals surface area contributed by atoms with Crippen molar-refractivity contribution in [3.05, 3.63) is 36.5 Å². The topological polar surface area (TPSA) is 105 Å². The fraction of sp³-hybridized carbons (Fsp3) is 0.250. The van der Waals surface area contributed by atoms with E-state index in [9.17, 15) is 9.59 Å². The smallest absolute Gasteiger partial charge is 0.251 e. The van der Waals surface area contributed by atoms with Crippen molar-refractivity contribution in [2.45, 2.75) is 24.0 Å². The lowest BCUT2D eigenvalue weighted by molar-refractivity contribution is -0.119. The standard InChI is InChI=1S/C16H19N5O3S/c1-10(25-13-6-4-12(5-7-13)18-11(2)22)15(23)20-21-16-17-9-8-14(19-16)24-3/h4-10H,1-3H3,(H,18,22)(H,20,23)(H,17,19,21)/t10-/m0/s1. The SMILES string of the molecule is COc1ccnc(NNC(=O)[C@H](C)Sc2ccc(NC(C)=O)cc2)n1. The first-order chi connectivity index (χ1) is 12.0. The van der Waals surface area contributed by atoms with Gasteiger partial charge in [-0.3, -0.25) is 20.4 Å². The second-order valence-electron chi connectivity index (χ2n) is 5.00. The van der Waals surface area contributed by atoms with Gasteiger partial charge >= 0.3 is 0 Å². The third-order valence-corrected chi connectivity index (χ3v) is 4.11. The third-order valence-electron chi connectivity index (χ3n) is 2.99. The van der Waals surface area contributed by atoms with Gasteiger partial charge in [-0.2, -0.15) is 4.98 Å². The molecule has 0 spiro atoms. The number of hydrogen-bond acceptors (Lipinski definition) is 7. The van der Waals surface area contributed by atoms with Gasteiger partial charge in [0.25, 0.3) is 5.91 Å². The summed E-state index contributed by atoms with van der Waals surface area (Å²) < 4.78 is 4.99. The summed E-state index contributed by atoms with van der Waals surface area (Å²) in [5.41, 5.74) is 5.93. The fourth-order valence-electron chi connectivity index (χ4n) is 1.81. The number of nitrogens with one attached hydrogen (secondary N) is 3. The Morgan fingerprint density at radius 1 is 1.20 bits per heavy atom. The Morgan fingerprint density at radius 3 is 2.56 bits per heavy atom. The van der Waals surface area contributed by atoms with Crippen LogP contribution in [0, 0.1) is 0 Å². The molecule has 0 aliphatic carbocycles. The lowest BCUT2D eigenvalue weighted by Gasteiger charge is -2.13. The Balaban J connectivity index is 1.86. The van der Waals surface area contributed by atoms with Crippen LogP contribution in [0.4, 0.5) is 11.6 Å². The first-order valence-electron chi connectivity index (χ1n) is 7.45. The van der Waals surface area contributed by atoms with Crippen LogP contribution in [0.15, 0.2) is 41.4 Å². The quantitative estimate of drug-likeness (QED) is 0.512. The van der Waals surface area contributed by atoms with Crippen molar-refractivity contribution in [1.82, 2.24) is 15.4 Å². The number of carbonyl (C=O) groups excluding carboxylic acids is 2. The maximum atomic E-state index is 12.1. The van der Waals surface area contributed by atoms with Gasteiger partial charge < -0.3 is 10.1 Å². The van der Waals surface area contributed by atoms with Crippen LogP contribution in [0.2, 0.25) is 0 Å². The lowest BCUT2D eigenvalue weighted by Crippen LogP contribution is -2.36. The van der Waals surface area contributed by atoms with Gasteiger partial charge in [-0.15, -0.1) is 11.8 Å². The lowest BCUT2D eigenvalue weighted by atomic mass is 10.3. The van der Waals surface area contributed by atoms with Gasteiger partial charge in [0.2, 0.25) is 17.7 Å². The van der Waals surface area contributed by atoms with Crippen LogP contribution in [0.3, 0.4) is 0 Å². The molecule has 0 fully saturated rings. The summed E-state index contributed by atoms with van der Waals surface area (Å²) >= 11 is 1.39. The number of amides is 2. The van der Waals surface area contributed by atoms with E-state index >= 15 is 0 Å². The number of rotatable bonds is 7. The zero-order chi connectivity index (χ0) is 18.2. The zero-order valence-electron chi connectivity index (χ0n) is 14.1. The number of aromatic nitrogens is 2. The molecule has 3 N–H and O–H groups in total. The molecular formula is C16H19N5O3S. The summed E-state index contributed by atoms with van der Waals surface area (Å²) in [7, 11) is 1.50. The molecule has 1 atom stereocenters. The molecule has 0 saturated carbocycles. The van der Waals surface area contributed by atoms with Gasteiger partial charge in [0, 0.05) is 29.8 Å². The molecule has 2 amide bonds. The van der Waals surface area contributed by atoms with E-state index in [1.165, 1.54) is 32.0 Å². The van der Waals surface area contributed by atoms with Crippen molar-refractivity contribution < 1.29 is 14.3 Å². The maximum absolute atomic E-state index is 12.1. The van der Waals surface area contributed by atoms with Crippen LogP contribution in [-0.2, 0) is 9.59 Å². The molecule has 132 valence electrons. The molecule has 0 aliphatic rings. The molecule has 2 rings (SSSR count). The number of methoxy groups -OCH3 is 1. The molecule has 0 radical (unpaired) electrons.